The zero-order valence-electron chi connectivity index (χ0n) is 12.2. The molecule has 1 N–H and O–H groups in total. The fraction of sp³-hybridized carbons (Fsp3) is 0.643. The normalized spacial score (nSPS) is 16.8. The van der Waals surface area contributed by atoms with Crippen LogP contribution in [0.4, 0.5) is 5.82 Å². The van der Waals surface area contributed by atoms with E-state index < -0.39 is 10.0 Å². The van der Waals surface area contributed by atoms with Crippen LogP contribution in [0.1, 0.15) is 39.0 Å². The zero-order valence-corrected chi connectivity index (χ0v) is 13.0. The van der Waals surface area contributed by atoms with Gasteiger partial charge < -0.3 is 5.32 Å². The van der Waals surface area contributed by atoms with Crippen molar-refractivity contribution < 1.29 is 8.42 Å². The van der Waals surface area contributed by atoms with E-state index in [0.29, 0.717) is 10.7 Å². The molecule has 1 aromatic rings. The standard InChI is InChI=1S/C14H23N3O2S/c1-3-9-15-14-11-13(8-10-16-14)20(18,19)17(2)12-6-4-5-7-12/h8,10-12H,3-7,9H2,1-2H3,(H,15,16). The van der Waals surface area contributed by atoms with Crippen molar-refractivity contribution >= 4 is 15.8 Å². The minimum Gasteiger partial charge on any atom is -0.370 e. The molecule has 1 heterocycles. The average Bonchev–Trinajstić information content (AvgIpc) is 2.98. The molecular weight excluding hydrogens is 274 g/mol. The van der Waals surface area contributed by atoms with E-state index >= 15 is 0 Å². The fourth-order valence-electron chi connectivity index (χ4n) is 2.55. The van der Waals surface area contributed by atoms with Crippen LogP contribution in [0, 0.1) is 0 Å². The average molecular weight is 297 g/mol. The second-order valence-corrected chi connectivity index (χ2v) is 7.26. The molecule has 1 aromatic heterocycles. The molecule has 0 radical (unpaired) electrons. The maximum Gasteiger partial charge on any atom is 0.243 e. The second-order valence-electron chi connectivity index (χ2n) is 5.26. The summed E-state index contributed by atoms with van der Waals surface area (Å²) in [5.74, 6) is 0.618. The van der Waals surface area contributed by atoms with Crippen LogP contribution >= 0.6 is 0 Å². The Morgan fingerprint density at radius 3 is 2.75 bits per heavy atom. The van der Waals surface area contributed by atoms with Gasteiger partial charge in [0.05, 0.1) is 4.90 Å². The van der Waals surface area contributed by atoms with Gasteiger partial charge in [0.2, 0.25) is 10.0 Å². The Morgan fingerprint density at radius 2 is 2.10 bits per heavy atom. The van der Waals surface area contributed by atoms with Gasteiger partial charge in [-0.25, -0.2) is 13.4 Å². The first-order valence-corrected chi connectivity index (χ1v) is 8.67. The fourth-order valence-corrected chi connectivity index (χ4v) is 3.98. The predicted octanol–water partition coefficient (Wildman–Crippen LogP) is 2.47. The number of nitrogens with zero attached hydrogens (tertiary/aromatic N) is 2. The highest BCUT2D eigenvalue weighted by Crippen LogP contribution is 2.27. The molecule has 0 aliphatic heterocycles. The minimum atomic E-state index is -3.42. The SMILES string of the molecule is CCCNc1cc(S(=O)(=O)N(C)C2CCCC2)ccn1. The monoisotopic (exact) mass is 297 g/mol. The Bertz CT molecular complexity index is 539. The number of rotatable bonds is 6. The summed E-state index contributed by atoms with van der Waals surface area (Å²) in [6, 6.07) is 3.33. The van der Waals surface area contributed by atoms with Crippen molar-refractivity contribution in [2.24, 2.45) is 0 Å². The molecule has 6 heteroatoms. The van der Waals surface area contributed by atoms with E-state index in [1.165, 1.54) is 4.31 Å². The van der Waals surface area contributed by atoms with Crippen LogP contribution in [0.5, 0.6) is 0 Å². The van der Waals surface area contributed by atoms with Gasteiger partial charge in [-0.2, -0.15) is 4.31 Å². The molecule has 0 aromatic carbocycles. The van der Waals surface area contributed by atoms with Gasteiger partial charge in [0.15, 0.2) is 0 Å². The number of sulfonamides is 1. The molecule has 112 valence electrons. The Kier molecular flexibility index (Phi) is 4.99. The number of pyridine rings is 1. The van der Waals surface area contributed by atoms with Crippen LogP contribution < -0.4 is 5.32 Å². The second kappa shape index (κ2) is 6.54. The van der Waals surface area contributed by atoms with Crippen molar-refractivity contribution in [2.45, 2.75) is 50.0 Å². The lowest BCUT2D eigenvalue weighted by Gasteiger charge is -2.23. The zero-order chi connectivity index (χ0) is 14.6. The Hall–Kier alpha value is -1.14. The van der Waals surface area contributed by atoms with Gasteiger partial charge in [0, 0.05) is 31.9 Å². The van der Waals surface area contributed by atoms with Crippen LogP contribution in [0.3, 0.4) is 0 Å². The van der Waals surface area contributed by atoms with Gasteiger partial charge in [0.1, 0.15) is 5.82 Å². The number of aromatic nitrogens is 1. The van der Waals surface area contributed by atoms with Crippen molar-refractivity contribution in [3.05, 3.63) is 18.3 Å². The molecule has 0 atom stereocenters. The lowest BCUT2D eigenvalue weighted by Crippen LogP contribution is -2.35. The number of hydrogen-bond donors (Lipinski definition) is 1. The van der Waals surface area contributed by atoms with Crippen LogP contribution in [0.2, 0.25) is 0 Å². The maximum absolute atomic E-state index is 12.6. The van der Waals surface area contributed by atoms with Crippen molar-refractivity contribution in [1.82, 2.24) is 9.29 Å². The van der Waals surface area contributed by atoms with E-state index in [-0.39, 0.29) is 6.04 Å². The Balaban J connectivity index is 2.19. The molecule has 1 saturated carbocycles. The molecule has 0 saturated heterocycles. The van der Waals surface area contributed by atoms with Crippen LogP contribution in [0.25, 0.3) is 0 Å². The molecule has 0 spiro atoms. The number of nitrogens with one attached hydrogen (secondary N) is 1. The molecule has 1 aliphatic rings. The molecule has 0 bridgehead atoms. The van der Waals surface area contributed by atoms with Gasteiger partial charge in [-0.3, -0.25) is 0 Å². The third-order valence-corrected chi connectivity index (χ3v) is 5.71. The maximum atomic E-state index is 12.6. The largest absolute Gasteiger partial charge is 0.370 e. The minimum absolute atomic E-state index is 0.139. The van der Waals surface area contributed by atoms with Gasteiger partial charge >= 0.3 is 0 Å². The van der Waals surface area contributed by atoms with Crippen molar-refractivity contribution in [1.29, 1.82) is 0 Å². The summed E-state index contributed by atoms with van der Waals surface area (Å²) in [4.78, 5) is 4.47. The van der Waals surface area contributed by atoms with Crippen LogP contribution in [0.15, 0.2) is 23.2 Å². The lowest BCUT2D eigenvalue weighted by atomic mass is 10.3. The predicted molar refractivity (Wildman–Crippen MR) is 80.2 cm³/mol. The quantitative estimate of drug-likeness (QED) is 0.876. The molecular formula is C14H23N3O2S. The first-order valence-electron chi connectivity index (χ1n) is 7.23. The summed E-state index contributed by atoms with van der Waals surface area (Å²) in [6.45, 7) is 2.84. The molecule has 1 aliphatic carbocycles. The smallest absolute Gasteiger partial charge is 0.243 e. The van der Waals surface area contributed by atoms with E-state index in [0.717, 1.165) is 38.6 Å². The van der Waals surface area contributed by atoms with Gasteiger partial charge in [-0.15, -0.1) is 0 Å². The van der Waals surface area contributed by atoms with Crippen molar-refractivity contribution in [3.63, 3.8) is 0 Å². The van der Waals surface area contributed by atoms with Crippen molar-refractivity contribution in [2.75, 3.05) is 18.9 Å². The van der Waals surface area contributed by atoms with E-state index in [2.05, 4.69) is 17.2 Å². The summed E-state index contributed by atoms with van der Waals surface area (Å²) in [5, 5.41) is 3.12. The summed E-state index contributed by atoms with van der Waals surface area (Å²) >= 11 is 0. The van der Waals surface area contributed by atoms with E-state index in [1.54, 1.807) is 25.4 Å². The molecule has 0 unspecified atom stereocenters. The summed E-state index contributed by atoms with van der Waals surface area (Å²) in [6.07, 6.45) is 6.67. The summed E-state index contributed by atoms with van der Waals surface area (Å²) in [5.41, 5.74) is 0. The first-order chi connectivity index (χ1) is 9.55. The Morgan fingerprint density at radius 1 is 1.40 bits per heavy atom. The third-order valence-electron chi connectivity index (χ3n) is 3.80. The van der Waals surface area contributed by atoms with E-state index in [1.807, 2.05) is 0 Å². The third kappa shape index (κ3) is 3.30. The van der Waals surface area contributed by atoms with Gasteiger partial charge in [-0.05, 0) is 25.3 Å². The van der Waals surface area contributed by atoms with Crippen molar-refractivity contribution in [3.8, 4) is 0 Å². The van der Waals surface area contributed by atoms with Gasteiger partial charge in [0.25, 0.3) is 0 Å². The molecule has 0 amide bonds. The Labute approximate surface area is 121 Å². The summed E-state index contributed by atoms with van der Waals surface area (Å²) < 4.78 is 26.8. The van der Waals surface area contributed by atoms with Gasteiger partial charge in [-0.1, -0.05) is 19.8 Å². The molecule has 1 fully saturated rings. The highest BCUT2D eigenvalue weighted by atomic mass is 32.2. The van der Waals surface area contributed by atoms with E-state index in [9.17, 15) is 8.42 Å². The van der Waals surface area contributed by atoms with E-state index in [4.69, 9.17) is 0 Å². The number of anilines is 1. The van der Waals surface area contributed by atoms with Crippen LogP contribution in [-0.4, -0.2) is 37.3 Å². The lowest BCUT2D eigenvalue weighted by molar-refractivity contribution is 0.373. The molecule has 5 nitrogen and oxygen atoms in total. The highest BCUT2D eigenvalue weighted by Gasteiger charge is 2.30. The summed E-state index contributed by atoms with van der Waals surface area (Å²) in [7, 11) is -1.73. The topological polar surface area (TPSA) is 62.3 Å². The van der Waals surface area contributed by atoms with Crippen LogP contribution in [-0.2, 0) is 10.0 Å². The first kappa shape index (κ1) is 15.3. The molecule has 20 heavy (non-hydrogen) atoms. The highest BCUT2D eigenvalue weighted by molar-refractivity contribution is 7.89. The molecule has 2 rings (SSSR count). The number of hydrogen-bond acceptors (Lipinski definition) is 4.